The number of nitrogens with one attached hydrogen (secondary N) is 1. The summed E-state index contributed by atoms with van der Waals surface area (Å²) < 4.78 is 0. The van der Waals surface area contributed by atoms with E-state index in [1.54, 1.807) is 6.20 Å². The molecule has 0 bridgehead atoms. The first-order valence-corrected chi connectivity index (χ1v) is 9.59. The number of hydrogen-bond acceptors (Lipinski definition) is 3. The zero-order valence-electron chi connectivity index (χ0n) is 15.1. The highest BCUT2D eigenvalue weighted by Gasteiger charge is 2.20. The van der Waals surface area contributed by atoms with Gasteiger partial charge in [-0.2, -0.15) is 0 Å². The average Bonchev–Trinajstić information content (AvgIpc) is 3.13. The van der Waals surface area contributed by atoms with E-state index in [0.29, 0.717) is 12.2 Å². The molecular formula is C22H25N3O. The van der Waals surface area contributed by atoms with Crippen LogP contribution in [0.2, 0.25) is 0 Å². The fourth-order valence-corrected chi connectivity index (χ4v) is 3.85. The molecule has 0 saturated carbocycles. The monoisotopic (exact) mass is 347 g/mol. The van der Waals surface area contributed by atoms with E-state index < -0.39 is 0 Å². The number of para-hydroxylation sites is 1. The van der Waals surface area contributed by atoms with Crippen molar-refractivity contribution in [2.75, 3.05) is 18.0 Å². The van der Waals surface area contributed by atoms with Gasteiger partial charge in [0.05, 0.1) is 11.9 Å². The first-order chi connectivity index (χ1) is 12.8. The summed E-state index contributed by atoms with van der Waals surface area (Å²) in [5.74, 6) is -0.0882. The van der Waals surface area contributed by atoms with E-state index >= 15 is 0 Å². The zero-order chi connectivity index (χ0) is 17.8. The highest BCUT2D eigenvalue weighted by Crippen LogP contribution is 2.33. The molecule has 0 unspecified atom stereocenters. The third-order valence-corrected chi connectivity index (χ3v) is 5.30. The second-order valence-electron chi connectivity index (χ2n) is 7.05. The number of allylic oxidation sites excluding steroid dienone is 1. The van der Waals surface area contributed by atoms with Gasteiger partial charge in [0, 0.05) is 18.8 Å². The topological polar surface area (TPSA) is 45.2 Å². The van der Waals surface area contributed by atoms with Crippen LogP contribution in [0, 0.1) is 0 Å². The van der Waals surface area contributed by atoms with Gasteiger partial charge in [-0.3, -0.25) is 4.79 Å². The summed E-state index contributed by atoms with van der Waals surface area (Å²) in [5, 5.41) is 3.00. The van der Waals surface area contributed by atoms with E-state index in [4.69, 9.17) is 0 Å². The SMILES string of the molecule is O=C(NCCC1=CCCCC1)c1ccc(N2CCc3ccccc32)cn1. The summed E-state index contributed by atoms with van der Waals surface area (Å²) in [6.07, 6.45) is 11.1. The number of aromatic nitrogens is 1. The normalized spacial score (nSPS) is 16.2. The lowest BCUT2D eigenvalue weighted by molar-refractivity contribution is 0.0949. The fourth-order valence-electron chi connectivity index (χ4n) is 3.85. The minimum absolute atomic E-state index is 0.0882. The largest absolute Gasteiger partial charge is 0.350 e. The van der Waals surface area contributed by atoms with Gasteiger partial charge in [0.1, 0.15) is 5.69 Å². The zero-order valence-corrected chi connectivity index (χ0v) is 15.1. The van der Waals surface area contributed by atoms with Gasteiger partial charge in [-0.25, -0.2) is 4.98 Å². The Bertz CT molecular complexity index is 810. The van der Waals surface area contributed by atoms with Crippen molar-refractivity contribution in [1.82, 2.24) is 10.3 Å². The lowest BCUT2D eigenvalue weighted by Crippen LogP contribution is -2.26. The summed E-state index contributed by atoms with van der Waals surface area (Å²) in [4.78, 5) is 19.0. The maximum Gasteiger partial charge on any atom is 0.269 e. The van der Waals surface area contributed by atoms with Crippen LogP contribution < -0.4 is 10.2 Å². The predicted octanol–water partition coefficient (Wildman–Crippen LogP) is 4.40. The van der Waals surface area contributed by atoms with Crippen LogP contribution in [0.15, 0.2) is 54.2 Å². The van der Waals surface area contributed by atoms with Gasteiger partial charge >= 0.3 is 0 Å². The van der Waals surface area contributed by atoms with Crippen molar-refractivity contribution in [2.45, 2.75) is 38.5 Å². The van der Waals surface area contributed by atoms with Crippen LogP contribution in [0.25, 0.3) is 0 Å². The van der Waals surface area contributed by atoms with Crippen molar-refractivity contribution in [1.29, 1.82) is 0 Å². The van der Waals surface area contributed by atoms with Crippen molar-refractivity contribution >= 4 is 17.3 Å². The molecule has 1 aromatic carbocycles. The molecule has 1 amide bonds. The number of nitrogens with zero attached hydrogens (tertiary/aromatic N) is 2. The Kier molecular flexibility index (Phi) is 5.00. The molecule has 0 saturated heterocycles. The number of carbonyl (C=O) groups is 1. The Balaban J connectivity index is 1.35. The standard InChI is InChI=1S/C22H25N3O/c26-22(23-14-12-17-6-2-1-3-7-17)20-11-10-19(16-24-20)25-15-13-18-8-4-5-9-21(18)25/h4-6,8-11,16H,1-3,7,12-15H2,(H,23,26). The Morgan fingerprint density at radius 2 is 2.04 bits per heavy atom. The van der Waals surface area contributed by atoms with E-state index in [1.165, 1.54) is 42.5 Å². The molecule has 0 fully saturated rings. The highest BCUT2D eigenvalue weighted by molar-refractivity contribution is 5.92. The Morgan fingerprint density at radius 1 is 1.12 bits per heavy atom. The van der Waals surface area contributed by atoms with E-state index in [1.807, 2.05) is 12.1 Å². The minimum Gasteiger partial charge on any atom is -0.350 e. The third kappa shape index (κ3) is 3.64. The van der Waals surface area contributed by atoms with Gasteiger partial charge in [-0.05, 0) is 62.3 Å². The first kappa shape index (κ1) is 16.8. The molecule has 1 aliphatic heterocycles. The number of fused-ring (bicyclic) bond motifs is 1. The van der Waals surface area contributed by atoms with E-state index in [0.717, 1.165) is 25.1 Å². The lowest BCUT2D eigenvalue weighted by atomic mass is 9.97. The summed E-state index contributed by atoms with van der Waals surface area (Å²) >= 11 is 0. The van der Waals surface area contributed by atoms with Crippen LogP contribution >= 0.6 is 0 Å². The van der Waals surface area contributed by atoms with E-state index in [2.05, 4.69) is 45.5 Å². The molecule has 4 rings (SSSR count). The average molecular weight is 347 g/mol. The molecule has 0 atom stereocenters. The van der Waals surface area contributed by atoms with Crippen LogP contribution in [0.5, 0.6) is 0 Å². The van der Waals surface area contributed by atoms with Gasteiger partial charge in [0.25, 0.3) is 5.91 Å². The van der Waals surface area contributed by atoms with Crippen LogP contribution in [-0.4, -0.2) is 24.0 Å². The minimum atomic E-state index is -0.0882. The van der Waals surface area contributed by atoms with Gasteiger partial charge in [0.15, 0.2) is 0 Å². The molecule has 2 heterocycles. The molecule has 1 N–H and O–H groups in total. The number of amides is 1. The van der Waals surface area contributed by atoms with Crippen molar-refractivity contribution in [2.24, 2.45) is 0 Å². The van der Waals surface area contributed by atoms with Gasteiger partial charge in [-0.15, -0.1) is 0 Å². The molecule has 2 aromatic rings. The Hall–Kier alpha value is -2.62. The molecule has 0 radical (unpaired) electrons. The van der Waals surface area contributed by atoms with Crippen molar-refractivity contribution in [3.05, 3.63) is 65.5 Å². The molecule has 2 aliphatic rings. The van der Waals surface area contributed by atoms with Gasteiger partial charge in [0.2, 0.25) is 0 Å². The van der Waals surface area contributed by atoms with Crippen molar-refractivity contribution in [3.8, 4) is 0 Å². The second-order valence-corrected chi connectivity index (χ2v) is 7.05. The summed E-state index contributed by atoms with van der Waals surface area (Å²) in [7, 11) is 0. The van der Waals surface area contributed by atoms with Crippen LogP contribution in [0.1, 0.15) is 48.2 Å². The highest BCUT2D eigenvalue weighted by atomic mass is 16.1. The van der Waals surface area contributed by atoms with Gasteiger partial charge in [-0.1, -0.05) is 29.8 Å². The molecular weight excluding hydrogens is 322 g/mol. The van der Waals surface area contributed by atoms with Crippen molar-refractivity contribution in [3.63, 3.8) is 0 Å². The van der Waals surface area contributed by atoms with Crippen LogP contribution in [0.3, 0.4) is 0 Å². The Labute approximate surface area is 154 Å². The predicted molar refractivity (Wildman–Crippen MR) is 105 cm³/mol. The molecule has 0 spiro atoms. The number of benzene rings is 1. The maximum atomic E-state index is 12.3. The number of rotatable bonds is 5. The Morgan fingerprint density at radius 3 is 2.85 bits per heavy atom. The number of hydrogen-bond donors (Lipinski definition) is 1. The molecule has 4 heteroatoms. The number of carbonyl (C=O) groups excluding carboxylic acids is 1. The molecule has 4 nitrogen and oxygen atoms in total. The quantitative estimate of drug-likeness (QED) is 0.816. The third-order valence-electron chi connectivity index (χ3n) is 5.30. The first-order valence-electron chi connectivity index (χ1n) is 9.59. The second kappa shape index (κ2) is 7.73. The van der Waals surface area contributed by atoms with Gasteiger partial charge < -0.3 is 10.2 Å². The smallest absolute Gasteiger partial charge is 0.269 e. The van der Waals surface area contributed by atoms with Crippen LogP contribution in [0.4, 0.5) is 11.4 Å². The van der Waals surface area contributed by atoms with Crippen molar-refractivity contribution < 1.29 is 4.79 Å². The summed E-state index contributed by atoms with van der Waals surface area (Å²) in [6.45, 7) is 1.65. The summed E-state index contributed by atoms with van der Waals surface area (Å²) in [6, 6.07) is 12.3. The fraction of sp³-hybridized carbons (Fsp3) is 0.364. The maximum absolute atomic E-state index is 12.3. The van der Waals surface area contributed by atoms with Crippen LogP contribution in [-0.2, 0) is 6.42 Å². The number of anilines is 2. The molecule has 1 aliphatic carbocycles. The molecule has 134 valence electrons. The molecule has 1 aromatic heterocycles. The van der Waals surface area contributed by atoms with E-state index in [-0.39, 0.29) is 5.91 Å². The number of pyridine rings is 1. The van der Waals surface area contributed by atoms with E-state index in [9.17, 15) is 4.79 Å². The summed E-state index contributed by atoms with van der Waals surface area (Å²) in [5.41, 5.74) is 5.61. The molecule has 26 heavy (non-hydrogen) atoms. The lowest BCUT2D eigenvalue weighted by Gasteiger charge is -2.19.